The Kier molecular flexibility index (Phi) is 4.42. The summed E-state index contributed by atoms with van der Waals surface area (Å²) >= 11 is 5.80. The minimum Gasteiger partial charge on any atom is -0.497 e. The van der Waals surface area contributed by atoms with Crippen LogP contribution in [0, 0.1) is 0 Å². The average Bonchev–Trinajstić information content (AvgIpc) is 2.46. The lowest BCUT2D eigenvalue weighted by molar-refractivity contribution is 0.0951. The van der Waals surface area contributed by atoms with Gasteiger partial charge in [-0.25, -0.2) is 0 Å². The second-order valence-electron chi connectivity index (χ2n) is 4.04. The molecule has 2 aromatic rings. The highest BCUT2D eigenvalue weighted by atomic mass is 35.5. The summed E-state index contributed by atoms with van der Waals surface area (Å²) in [5, 5.41) is 3.53. The SMILES string of the molecule is COc1ccc(C(=O)NCc2ccc(Cl)cc2)cc1. The van der Waals surface area contributed by atoms with Gasteiger partial charge in [0.2, 0.25) is 0 Å². The Balaban J connectivity index is 1.95. The molecule has 1 N–H and O–H groups in total. The molecule has 0 aromatic heterocycles. The van der Waals surface area contributed by atoms with E-state index >= 15 is 0 Å². The lowest BCUT2D eigenvalue weighted by atomic mass is 10.2. The molecule has 98 valence electrons. The molecule has 0 spiro atoms. The molecular weight excluding hydrogens is 262 g/mol. The molecule has 0 bridgehead atoms. The van der Waals surface area contributed by atoms with Gasteiger partial charge in [-0.2, -0.15) is 0 Å². The molecule has 3 nitrogen and oxygen atoms in total. The van der Waals surface area contributed by atoms with E-state index in [-0.39, 0.29) is 5.91 Å². The first-order valence-electron chi connectivity index (χ1n) is 5.86. The minimum atomic E-state index is -0.113. The van der Waals surface area contributed by atoms with Crippen LogP contribution in [0.2, 0.25) is 5.02 Å². The van der Waals surface area contributed by atoms with Crippen LogP contribution in [0.1, 0.15) is 15.9 Å². The zero-order valence-electron chi connectivity index (χ0n) is 10.5. The molecule has 0 saturated heterocycles. The van der Waals surface area contributed by atoms with E-state index in [1.807, 2.05) is 12.1 Å². The standard InChI is InChI=1S/C15H14ClNO2/c1-19-14-8-4-12(5-9-14)15(18)17-10-11-2-6-13(16)7-3-11/h2-9H,10H2,1H3,(H,17,18). The van der Waals surface area contributed by atoms with Gasteiger partial charge in [-0.1, -0.05) is 23.7 Å². The van der Waals surface area contributed by atoms with Crippen molar-refractivity contribution in [2.75, 3.05) is 7.11 Å². The van der Waals surface area contributed by atoms with Crippen LogP contribution in [-0.4, -0.2) is 13.0 Å². The molecule has 2 rings (SSSR count). The van der Waals surface area contributed by atoms with Crippen molar-refractivity contribution in [2.24, 2.45) is 0 Å². The zero-order valence-corrected chi connectivity index (χ0v) is 11.3. The van der Waals surface area contributed by atoms with Crippen LogP contribution in [0.5, 0.6) is 5.75 Å². The Morgan fingerprint density at radius 1 is 1.11 bits per heavy atom. The van der Waals surface area contributed by atoms with Gasteiger partial charge in [0, 0.05) is 17.1 Å². The van der Waals surface area contributed by atoms with Crippen LogP contribution in [0.25, 0.3) is 0 Å². The molecule has 0 unspecified atom stereocenters. The van der Waals surface area contributed by atoms with Crippen molar-refractivity contribution in [1.29, 1.82) is 0 Å². The molecule has 19 heavy (non-hydrogen) atoms. The summed E-state index contributed by atoms with van der Waals surface area (Å²) in [6.45, 7) is 0.474. The number of amides is 1. The number of ether oxygens (including phenoxy) is 1. The largest absolute Gasteiger partial charge is 0.497 e. The molecule has 0 fully saturated rings. The molecule has 0 saturated carbocycles. The summed E-state index contributed by atoms with van der Waals surface area (Å²) in [5.41, 5.74) is 1.61. The highest BCUT2D eigenvalue weighted by molar-refractivity contribution is 6.30. The molecule has 2 aromatic carbocycles. The molecule has 0 aliphatic rings. The fourth-order valence-corrected chi connectivity index (χ4v) is 1.76. The van der Waals surface area contributed by atoms with Gasteiger partial charge in [0.05, 0.1) is 7.11 Å². The Morgan fingerprint density at radius 2 is 1.74 bits per heavy atom. The normalized spacial score (nSPS) is 10.0. The number of carbonyl (C=O) groups excluding carboxylic acids is 1. The second kappa shape index (κ2) is 6.25. The lowest BCUT2D eigenvalue weighted by Crippen LogP contribution is -2.22. The first kappa shape index (κ1) is 13.4. The molecule has 0 atom stereocenters. The van der Waals surface area contributed by atoms with E-state index in [1.165, 1.54) is 0 Å². The second-order valence-corrected chi connectivity index (χ2v) is 4.47. The van der Waals surface area contributed by atoms with E-state index in [4.69, 9.17) is 16.3 Å². The van der Waals surface area contributed by atoms with Crippen LogP contribution >= 0.6 is 11.6 Å². The number of carbonyl (C=O) groups is 1. The molecule has 0 aliphatic carbocycles. The van der Waals surface area contributed by atoms with Gasteiger partial charge in [0.25, 0.3) is 5.91 Å². The topological polar surface area (TPSA) is 38.3 Å². The van der Waals surface area contributed by atoms with Gasteiger partial charge in [0.1, 0.15) is 5.75 Å². The third kappa shape index (κ3) is 3.73. The van der Waals surface area contributed by atoms with Crippen LogP contribution in [0.4, 0.5) is 0 Å². The Labute approximate surface area is 117 Å². The fraction of sp³-hybridized carbons (Fsp3) is 0.133. The van der Waals surface area contributed by atoms with Gasteiger partial charge >= 0.3 is 0 Å². The van der Waals surface area contributed by atoms with Gasteiger partial charge < -0.3 is 10.1 Å². The van der Waals surface area contributed by atoms with Gasteiger partial charge in [-0.3, -0.25) is 4.79 Å². The summed E-state index contributed by atoms with van der Waals surface area (Å²) < 4.78 is 5.05. The summed E-state index contributed by atoms with van der Waals surface area (Å²) in [6.07, 6.45) is 0. The van der Waals surface area contributed by atoms with E-state index in [1.54, 1.807) is 43.5 Å². The predicted molar refractivity (Wildman–Crippen MR) is 75.6 cm³/mol. The molecule has 4 heteroatoms. The monoisotopic (exact) mass is 275 g/mol. The average molecular weight is 276 g/mol. The fourth-order valence-electron chi connectivity index (χ4n) is 1.63. The number of halogens is 1. The van der Waals surface area contributed by atoms with Gasteiger partial charge in [-0.05, 0) is 42.0 Å². The smallest absolute Gasteiger partial charge is 0.251 e. The van der Waals surface area contributed by atoms with Crippen molar-refractivity contribution in [3.05, 3.63) is 64.7 Å². The van der Waals surface area contributed by atoms with Crippen LogP contribution in [0.3, 0.4) is 0 Å². The summed E-state index contributed by atoms with van der Waals surface area (Å²) in [6, 6.07) is 14.4. The minimum absolute atomic E-state index is 0.113. The molecule has 0 heterocycles. The van der Waals surface area contributed by atoms with Crippen molar-refractivity contribution in [2.45, 2.75) is 6.54 Å². The van der Waals surface area contributed by atoms with E-state index in [0.29, 0.717) is 17.1 Å². The lowest BCUT2D eigenvalue weighted by Gasteiger charge is -2.06. The summed E-state index contributed by atoms with van der Waals surface area (Å²) in [7, 11) is 1.59. The van der Waals surface area contributed by atoms with Crippen LogP contribution in [-0.2, 0) is 6.54 Å². The van der Waals surface area contributed by atoms with Crippen molar-refractivity contribution < 1.29 is 9.53 Å². The van der Waals surface area contributed by atoms with Gasteiger partial charge in [-0.15, -0.1) is 0 Å². The van der Waals surface area contributed by atoms with E-state index in [9.17, 15) is 4.79 Å². The summed E-state index contributed by atoms with van der Waals surface area (Å²) in [4.78, 5) is 11.9. The van der Waals surface area contributed by atoms with Crippen molar-refractivity contribution in [3.63, 3.8) is 0 Å². The molecule has 0 aliphatic heterocycles. The molecular formula is C15H14ClNO2. The van der Waals surface area contributed by atoms with Crippen molar-refractivity contribution >= 4 is 17.5 Å². The maximum Gasteiger partial charge on any atom is 0.251 e. The van der Waals surface area contributed by atoms with Crippen LogP contribution < -0.4 is 10.1 Å². The van der Waals surface area contributed by atoms with E-state index in [0.717, 1.165) is 11.3 Å². The third-order valence-electron chi connectivity index (χ3n) is 2.72. The number of nitrogens with one attached hydrogen (secondary N) is 1. The number of hydrogen-bond donors (Lipinski definition) is 1. The van der Waals surface area contributed by atoms with Gasteiger partial charge in [0.15, 0.2) is 0 Å². The first-order valence-corrected chi connectivity index (χ1v) is 6.23. The number of rotatable bonds is 4. The Morgan fingerprint density at radius 3 is 2.32 bits per heavy atom. The number of benzene rings is 2. The maximum atomic E-state index is 11.9. The van der Waals surface area contributed by atoms with Crippen LogP contribution in [0.15, 0.2) is 48.5 Å². The maximum absolute atomic E-state index is 11.9. The van der Waals surface area contributed by atoms with E-state index < -0.39 is 0 Å². The van der Waals surface area contributed by atoms with E-state index in [2.05, 4.69) is 5.32 Å². The predicted octanol–water partition coefficient (Wildman–Crippen LogP) is 3.28. The Bertz CT molecular complexity index is 549. The quantitative estimate of drug-likeness (QED) is 0.930. The third-order valence-corrected chi connectivity index (χ3v) is 2.97. The number of methoxy groups -OCH3 is 1. The first-order chi connectivity index (χ1) is 9.19. The zero-order chi connectivity index (χ0) is 13.7. The van der Waals surface area contributed by atoms with Crippen molar-refractivity contribution in [3.8, 4) is 5.75 Å². The molecule has 1 amide bonds. The summed E-state index contributed by atoms with van der Waals surface area (Å²) in [5.74, 6) is 0.617. The van der Waals surface area contributed by atoms with Crippen molar-refractivity contribution in [1.82, 2.24) is 5.32 Å². The Hall–Kier alpha value is -2.00. The highest BCUT2D eigenvalue weighted by Crippen LogP contribution is 2.12. The highest BCUT2D eigenvalue weighted by Gasteiger charge is 2.05. The molecule has 0 radical (unpaired) electrons. The number of hydrogen-bond acceptors (Lipinski definition) is 2.